The fourth-order valence-corrected chi connectivity index (χ4v) is 3.08. The van der Waals surface area contributed by atoms with Crippen LogP contribution >= 0.6 is 27.3 Å². The molecule has 18 heavy (non-hydrogen) atoms. The maximum absolute atomic E-state index is 10.8. The third kappa shape index (κ3) is 5.94. The minimum atomic E-state index is -1.18. The van der Waals surface area contributed by atoms with Gasteiger partial charge in [0.15, 0.2) is 5.01 Å². The van der Waals surface area contributed by atoms with Crippen molar-refractivity contribution in [3.05, 3.63) is 15.0 Å². The maximum Gasteiger partial charge on any atom is 0.407 e. The lowest BCUT2D eigenvalue weighted by Gasteiger charge is -2.19. The highest BCUT2D eigenvalue weighted by Crippen LogP contribution is 2.26. The van der Waals surface area contributed by atoms with Gasteiger partial charge in [-0.3, -0.25) is 0 Å². The van der Waals surface area contributed by atoms with E-state index in [-0.39, 0.29) is 0 Å². The van der Waals surface area contributed by atoms with Crippen molar-refractivity contribution in [2.75, 3.05) is 6.61 Å². The van der Waals surface area contributed by atoms with Crippen LogP contribution in [0.1, 0.15) is 11.3 Å². The van der Waals surface area contributed by atoms with Crippen LogP contribution in [0.4, 0.5) is 4.79 Å². The van der Waals surface area contributed by atoms with E-state index >= 15 is 0 Å². The van der Waals surface area contributed by atoms with Crippen molar-refractivity contribution in [2.45, 2.75) is 32.0 Å². The van der Waals surface area contributed by atoms with Gasteiger partial charge in [-0.2, -0.15) is 0 Å². The number of halogens is 1. The third-order valence-electron chi connectivity index (χ3n) is 2.04. The minimum Gasteiger partial charge on any atom is -0.413 e. The summed E-state index contributed by atoms with van der Waals surface area (Å²) in [5.74, 6) is 0. The number of nitrogens with two attached hydrogens (primary N) is 1. The molecule has 0 saturated heterocycles. The Labute approximate surface area is 120 Å². The van der Waals surface area contributed by atoms with Crippen LogP contribution in [0.2, 0.25) is 25.7 Å². The zero-order valence-electron chi connectivity index (χ0n) is 10.6. The Morgan fingerprint density at radius 2 is 2.28 bits per heavy atom. The van der Waals surface area contributed by atoms with Gasteiger partial charge in [0, 0.05) is 20.1 Å². The van der Waals surface area contributed by atoms with Crippen LogP contribution in [0.5, 0.6) is 0 Å². The van der Waals surface area contributed by atoms with Crippen molar-refractivity contribution < 1.29 is 14.3 Å². The molecule has 0 aliphatic rings. The van der Waals surface area contributed by atoms with E-state index in [2.05, 4.69) is 40.6 Å². The molecule has 0 bridgehead atoms. The number of ether oxygens (including phenoxy) is 2. The number of carbonyl (C=O) groups is 1. The number of amides is 1. The average molecular weight is 353 g/mol. The Morgan fingerprint density at radius 1 is 1.61 bits per heavy atom. The van der Waals surface area contributed by atoms with Gasteiger partial charge in [-0.25, -0.2) is 9.78 Å². The molecular formula is C10H17BrN2O3SSi. The molecule has 0 aliphatic heterocycles. The molecule has 1 atom stereocenters. The van der Waals surface area contributed by atoms with Crippen molar-refractivity contribution in [2.24, 2.45) is 5.73 Å². The number of thiazole rings is 1. The van der Waals surface area contributed by atoms with Gasteiger partial charge >= 0.3 is 6.09 Å². The van der Waals surface area contributed by atoms with Crippen LogP contribution in [-0.2, 0) is 9.47 Å². The first-order valence-electron chi connectivity index (χ1n) is 5.46. The SMILES string of the molecule is C[Si](C)(C)CCOC(OC(N)=O)c1nc(Br)cs1. The molecule has 2 N–H and O–H groups in total. The fraction of sp³-hybridized carbons (Fsp3) is 0.600. The molecule has 1 rings (SSSR count). The molecule has 0 aromatic carbocycles. The molecule has 1 amide bonds. The van der Waals surface area contributed by atoms with Crippen LogP contribution in [0.3, 0.4) is 0 Å². The average Bonchev–Trinajstić information content (AvgIpc) is 2.61. The zero-order chi connectivity index (χ0) is 13.8. The van der Waals surface area contributed by atoms with Gasteiger partial charge in [0.2, 0.25) is 0 Å². The van der Waals surface area contributed by atoms with E-state index in [0.717, 1.165) is 6.04 Å². The van der Waals surface area contributed by atoms with Gasteiger partial charge in [-0.1, -0.05) is 19.6 Å². The van der Waals surface area contributed by atoms with Gasteiger partial charge in [-0.05, 0) is 22.0 Å². The van der Waals surface area contributed by atoms with E-state index in [4.69, 9.17) is 15.2 Å². The number of carbonyl (C=O) groups excluding carboxylic acids is 1. The first-order chi connectivity index (χ1) is 8.28. The lowest BCUT2D eigenvalue weighted by atomic mass is 10.6. The quantitative estimate of drug-likeness (QED) is 0.629. The molecule has 5 nitrogen and oxygen atoms in total. The van der Waals surface area contributed by atoms with Crippen LogP contribution < -0.4 is 5.73 Å². The van der Waals surface area contributed by atoms with Crippen LogP contribution in [0.25, 0.3) is 0 Å². The molecule has 8 heteroatoms. The van der Waals surface area contributed by atoms with E-state index in [1.165, 1.54) is 11.3 Å². The fourth-order valence-electron chi connectivity index (χ4n) is 1.11. The molecule has 1 heterocycles. The Bertz CT molecular complexity index is 408. The highest BCUT2D eigenvalue weighted by molar-refractivity contribution is 9.10. The molecular weight excluding hydrogens is 336 g/mol. The highest BCUT2D eigenvalue weighted by Gasteiger charge is 2.21. The molecule has 1 aromatic heterocycles. The summed E-state index contributed by atoms with van der Waals surface area (Å²) in [4.78, 5) is 15.0. The van der Waals surface area contributed by atoms with Crippen LogP contribution in [0, 0.1) is 0 Å². The van der Waals surface area contributed by atoms with E-state index in [9.17, 15) is 4.79 Å². The summed E-state index contributed by atoms with van der Waals surface area (Å²) in [5, 5.41) is 2.38. The molecule has 0 radical (unpaired) electrons. The van der Waals surface area contributed by atoms with E-state index in [1.54, 1.807) is 5.38 Å². The van der Waals surface area contributed by atoms with Crippen molar-refractivity contribution in [1.82, 2.24) is 4.98 Å². The smallest absolute Gasteiger partial charge is 0.407 e. The number of aromatic nitrogens is 1. The summed E-state index contributed by atoms with van der Waals surface area (Å²) >= 11 is 4.60. The summed E-state index contributed by atoms with van der Waals surface area (Å²) in [6.45, 7) is 7.28. The Hall–Kier alpha value is -0.443. The largest absolute Gasteiger partial charge is 0.413 e. The van der Waals surface area contributed by atoms with Crippen molar-refractivity contribution in [3.63, 3.8) is 0 Å². The Kier molecular flexibility index (Phi) is 5.76. The molecule has 0 spiro atoms. The summed E-state index contributed by atoms with van der Waals surface area (Å²) in [5.41, 5.74) is 5.03. The monoisotopic (exact) mass is 352 g/mol. The second kappa shape index (κ2) is 6.64. The molecule has 0 saturated carbocycles. The molecule has 0 aliphatic carbocycles. The van der Waals surface area contributed by atoms with E-state index < -0.39 is 20.5 Å². The number of rotatable bonds is 6. The van der Waals surface area contributed by atoms with Crippen molar-refractivity contribution in [1.29, 1.82) is 0 Å². The number of primary amides is 1. The number of nitrogens with zero attached hydrogens (tertiary/aromatic N) is 1. The molecule has 102 valence electrons. The topological polar surface area (TPSA) is 74.4 Å². The summed E-state index contributed by atoms with van der Waals surface area (Å²) in [6, 6.07) is 0.984. The highest BCUT2D eigenvalue weighted by atomic mass is 79.9. The Balaban J connectivity index is 2.59. The van der Waals surface area contributed by atoms with Gasteiger partial charge in [-0.15, -0.1) is 11.3 Å². The van der Waals surface area contributed by atoms with Gasteiger partial charge < -0.3 is 15.2 Å². The van der Waals surface area contributed by atoms with E-state index in [0.29, 0.717) is 16.2 Å². The summed E-state index contributed by atoms with van der Waals surface area (Å²) < 4.78 is 11.2. The molecule has 1 unspecified atom stereocenters. The summed E-state index contributed by atoms with van der Waals surface area (Å²) in [7, 11) is -1.18. The minimum absolute atomic E-state index is 0.533. The van der Waals surface area contributed by atoms with Gasteiger partial charge in [0.25, 0.3) is 6.29 Å². The van der Waals surface area contributed by atoms with Crippen molar-refractivity contribution in [3.8, 4) is 0 Å². The first kappa shape index (κ1) is 15.6. The number of hydrogen-bond donors (Lipinski definition) is 1. The second-order valence-corrected chi connectivity index (χ2v) is 12.3. The standard InChI is InChI=1S/C10H17BrN2O3SSi/c1-18(2,3)5-4-15-9(16-10(12)14)8-13-7(11)6-17-8/h6,9H,4-5H2,1-3H3,(H2,12,14). The number of hydrogen-bond acceptors (Lipinski definition) is 5. The van der Waals surface area contributed by atoms with E-state index in [1.807, 2.05) is 0 Å². The second-order valence-electron chi connectivity index (χ2n) is 4.96. The summed E-state index contributed by atoms with van der Waals surface area (Å²) in [6.07, 6.45) is -1.67. The predicted molar refractivity (Wildman–Crippen MR) is 77.3 cm³/mol. The third-order valence-corrected chi connectivity index (χ3v) is 5.32. The normalized spacial score (nSPS) is 13.3. The zero-order valence-corrected chi connectivity index (χ0v) is 14.0. The maximum atomic E-state index is 10.8. The molecule has 0 fully saturated rings. The van der Waals surface area contributed by atoms with Crippen molar-refractivity contribution >= 4 is 41.4 Å². The lowest BCUT2D eigenvalue weighted by Crippen LogP contribution is -2.24. The van der Waals surface area contributed by atoms with Gasteiger partial charge in [0.05, 0.1) is 0 Å². The predicted octanol–water partition coefficient (Wildman–Crippen LogP) is 3.35. The Morgan fingerprint density at radius 3 is 2.72 bits per heavy atom. The molecule has 1 aromatic rings. The first-order valence-corrected chi connectivity index (χ1v) is 10.8. The van der Waals surface area contributed by atoms with Gasteiger partial charge in [0.1, 0.15) is 4.60 Å². The lowest BCUT2D eigenvalue weighted by molar-refractivity contribution is -0.101. The van der Waals surface area contributed by atoms with Crippen LogP contribution in [0.15, 0.2) is 9.98 Å². The van der Waals surface area contributed by atoms with Crippen LogP contribution in [-0.4, -0.2) is 25.8 Å².